The molecule has 1 heterocycles. The number of nitrogens with two attached hydrogens (primary N) is 1. The van der Waals surface area contributed by atoms with E-state index in [1.54, 1.807) is 10.2 Å². The fraction of sp³-hybridized carbons (Fsp3) is 0. The van der Waals surface area contributed by atoms with Crippen molar-refractivity contribution in [2.24, 2.45) is 0 Å². The van der Waals surface area contributed by atoms with Gasteiger partial charge in [-0.25, -0.2) is 9.78 Å². The summed E-state index contributed by atoms with van der Waals surface area (Å²) in [4.78, 5) is 16.5. The van der Waals surface area contributed by atoms with E-state index in [9.17, 15) is 4.79 Å². The van der Waals surface area contributed by atoms with Crippen molar-refractivity contribution in [1.82, 2.24) is 9.97 Å². The maximum absolute atomic E-state index is 10.6. The molecule has 0 saturated heterocycles. The van der Waals surface area contributed by atoms with Crippen LogP contribution in [0.25, 0.3) is 6.08 Å². The van der Waals surface area contributed by atoms with Gasteiger partial charge in [0.05, 0.1) is 0 Å². The minimum absolute atomic E-state index is 0.345. The number of hydrogen-bond donors (Lipinski definition) is 2. The van der Waals surface area contributed by atoms with E-state index in [-0.39, 0.29) is 0 Å². The van der Waals surface area contributed by atoms with Gasteiger partial charge >= 0.3 is 5.69 Å². The number of aromatic amines is 1. The summed E-state index contributed by atoms with van der Waals surface area (Å²) in [5.74, 6) is 0.345. The van der Waals surface area contributed by atoms with Gasteiger partial charge in [-0.1, -0.05) is 22.6 Å². The molecule has 0 unspecified atom stereocenters. The molecule has 0 amide bonds. The highest BCUT2D eigenvalue weighted by molar-refractivity contribution is 14.1. The van der Waals surface area contributed by atoms with Crippen molar-refractivity contribution in [3.8, 4) is 0 Å². The van der Waals surface area contributed by atoms with Crippen LogP contribution in [0, 0.1) is 0 Å². The van der Waals surface area contributed by atoms with Crippen molar-refractivity contribution < 1.29 is 0 Å². The van der Waals surface area contributed by atoms with Gasteiger partial charge in [0.1, 0.15) is 5.82 Å². The number of nitrogens with one attached hydrogen (secondary N) is 1. The van der Waals surface area contributed by atoms with Crippen molar-refractivity contribution in [3.05, 3.63) is 26.3 Å². The summed E-state index contributed by atoms with van der Waals surface area (Å²) < 4.78 is 1.80. The van der Waals surface area contributed by atoms with Gasteiger partial charge in [-0.15, -0.1) is 0 Å². The van der Waals surface area contributed by atoms with Crippen molar-refractivity contribution in [1.29, 1.82) is 0 Å². The molecule has 1 rings (SSSR count). The van der Waals surface area contributed by atoms with E-state index >= 15 is 0 Å². The number of aromatic nitrogens is 2. The molecule has 58 valence electrons. The predicted molar refractivity (Wildman–Crippen MR) is 52.3 cm³/mol. The average molecular weight is 263 g/mol. The lowest BCUT2D eigenvalue weighted by Crippen LogP contribution is -2.12. The summed E-state index contributed by atoms with van der Waals surface area (Å²) in [5.41, 5.74) is 5.76. The molecule has 0 fully saturated rings. The molecule has 0 aliphatic rings. The number of nitrogen functional groups attached to an aromatic ring is 1. The van der Waals surface area contributed by atoms with E-state index in [1.807, 2.05) is 0 Å². The molecule has 0 bridgehead atoms. The van der Waals surface area contributed by atoms with Crippen LogP contribution in [-0.4, -0.2) is 9.97 Å². The highest BCUT2D eigenvalue weighted by atomic mass is 127. The summed E-state index contributed by atoms with van der Waals surface area (Å²) in [5, 5.41) is 0. The molecule has 1 aromatic heterocycles. The Balaban J connectivity index is 3.19. The van der Waals surface area contributed by atoms with Crippen LogP contribution in [0.3, 0.4) is 0 Å². The minimum Gasteiger partial charge on any atom is -0.385 e. The lowest BCUT2D eigenvalue weighted by molar-refractivity contribution is 1.08. The molecule has 0 aliphatic carbocycles. The summed E-state index contributed by atoms with van der Waals surface area (Å²) in [7, 11) is 0. The van der Waals surface area contributed by atoms with E-state index in [4.69, 9.17) is 5.73 Å². The van der Waals surface area contributed by atoms with E-state index in [0.29, 0.717) is 5.82 Å². The molecule has 11 heavy (non-hydrogen) atoms. The molecule has 0 spiro atoms. The molecular weight excluding hydrogens is 257 g/mol. The predicted octanol–water partition coefficient (Wildman–Crippen LogP) is 0.758. The van der Waals surface area contributed by atoms with Gasteiger partial charge in [0.2, 0.25) is 0 Å². The summed E-state index contributed by atoms with van der Waals surface area (Å²) in [6.45, 7) is 0. The van der Waals surface area contributed by atoms with Gasteiger partial charge in [-0.05, 0) is 10.2 Å². The molecule has 1 aromatic rings. The van der Waals surface area contributed by atoms with Crippen molar-refractivity contribution in [2.75, 3.05) is 5.73 Å². The standard InChI is InChI=1S/C6H6IN3O/c7-2-1-4-3-9-6(11)10-5(4)8/h1-3H,(H3,8,9,10,11). The zero-order chi connectivity index (χ0) is 8.27. The zero-order valence-corrected chi connectivity index (χ0v) is 7.70. The molecule has 0 aromatic carbocycles. The molecule has 4 nitrogen and oxygen atoms in total. The van der Waals surface area contributed by atoms with Crippen LogP contribution in [0.5, 0.6) is 0 Å². The number of anilines is 1. The van der Waals surface area contributed by atoms with E-state index in [0.717, 1.165) is 5.56 Å². The van der Waals surface area contributed by atoms with Gasteiger partial charge in [-0.2, -0.15) is 0 Å². The van der Waals surface area contributed by atoms with E-state index < -0.39 is 5.69 Å². The highest BCUT2D eigenvalue weighted by Crippen LogP contribution is 2.06. The monoisotopic (exact) mass is 263 g/mol. The fourth-order valence-corrected chi connectivity index (χ4v) is 1.01. The Labute approximate surface area is 76.7 Å². The van der Waals surface area contributed by atoms with Crippen LogP contribution in [0.1, 0.15) is 5.56 Å². The fourth-order valence-electron chi connectivity index (χ4n) is 0.618. The summed E-state index contributed by atoms with van der Waals surface area (Å²) >= 11 is 2.06. The van der Waals surface area contributed by atoms with Crippen LogP contribution >= 0.6 is 22.6 Å². The van der Waals surface area contributed by atoms with Crippen LogP contribution in [0.4, 0.5) is 5.82 Å². The normalized spacial score (nSPS) is 10.6. The van der Waals surface area contributed by atoms with Gasteiger partial charge < -0.3 is 5.73 Å². The Morgan fingerprint density at radius 1 is 1.73 bits per heavy atom. The second kappa shape index (κ2) is 3.51. The summed E-state index contributed by atoms with van der Waals surface area (Å²) in [6.07, 6.45) is 3.20. The number of halogens is 1. The smallest absolute Gasteiger partial charge is 0.346 e. The first-order valence-electron chi connectivity index (χ1n) is 2.85. The Morgan fingerprint density at radius 2 is 2.45 bits per heavy atom. The maximum Gasteiger partial charge on any atom is 0.346 e. The van der Waals surface area contributed by atoms with Gasteiger partial charge in [0, 0.05) is 11.8 Å². The molecule has 0 aliphatic heterocycles. The van der Waals surface area contributed by atoms with Gasteiger partial charge in [0.15, 0.2) is 0 Å². The highest BCUT2D eigenvalue weighted by Gasteiger charge is 1.94. The first-order chi connectivity index (χ1) is 5.24. The number of hydrogen-bond acceptors (Lipinski definition) is 3. The van der Waals surface area contributed by atoms with E-state index in [2.05, 4.69) is 32.6 Å². The Morgan fingerprint density at radius 3 is 3.00 bits per heavy atom. The van der Waals surface area contributed by atoms with E-state index in [1.165, 1.54) is 6.20 Å². The lowest BCUT2D eigenvalue weighted by Gasteiger charge is -1.95. The first-order valence-corrected chi connectivity index (χ1v) is 4.10. The quantitative estimate of drug-likeness (QED) is 0.734. The van der Waals surface area contributed by atoms with Crippen LogP contribution in [0.2, 0.25) is 0 Å². The maximum atomic E-state index is 10.6. The average Bonchev–Trinajstić information content (AvgIpc) is 1.95. The Kier molecular flexibility index (Phi) is 2.64. The van der Waals surface area contributed by atoms with Gasteiger partial charge in [0.25, 0.3) is 0 Å². The zero-order valence-electron chi connectivity index (χ0n) is 5.54. The van der Waals surface area contributed by atoms with Crippen molar-refractivity contribution in [2.45, 2.75) is 0 Å². The summed E-state index contributed by atoms with van der Waals surface area (Å²) in [6, 6.07) is 0. The van der Waals surface area contributed by atoms with Crippen LogP contribution in [0.15, 0.2) is 15.1 Å². The van der Waals surface area contributed by atoms with Crippen LogP contribution in [-0.2, 0) is 0 Å². The van der Waals surface area contributed by atoms with Gasteiger partial charge in [-0.3, -0.25) is 4.98 Å². The topological polar surface area (TPSA) is 71.8 Å². The third-order valence-electron chi connectivity index (χ3n) is 1.12. The first kappa shape index (κ1) is 8.25. The molecule has 0 radical (unpaired) electrons. The molecule has 0 atom stereocenters. The largest absolute Gasteiger partial charge is 0.385 e. The molecule has 5 heteroatoms. The second-order valence-electron chi connectivity index (χ2n) is 1.85. The lowest BCUT2D eigenvalue weighted by atomic mass is 10.3. The third kappa shape index (κ3) is 2.04. The molecule has 0 saturated carbocycles. The van der Waals surface area contributed by atoms with Crippen molar-refractivity contribution in [3.63, 3.8) is 0 Å². The molecule has 3 N–H and O–H groups in total. The second-order valence-corrected chi connectivity index (χ2v) is 2.57. The number of H-pyrrole nitrogens is 1. The third-order valence-corrected chi connectivity index (χ3v) is 1.48. The Hall–Kier alpha value is -0.850. The number of nitrogens with zero attached hydrogens (tertiary/aromatic N) is 1. The molecular formula is C6H6IN3O. The Bertz CT molecular complexity index is 331. The number of rotatable bonds is 1. The SMILES string of the molecule is Nc1[nH]c(=O)ncc1C=CI. The van der Waals surface area contributed by atoms with Crippen molar-refractivity contribution >= 4 is 34.5 Å². The van der Waals surface area contributed by atoms with Crippen LogP contribution < -0.4 is 11.4 Å². The minimum atomic E-state index is -0.423.